The van der Waals surface area contributed by atoms with Crippen LogP contribution in [0.5, 0.6) is 5.75 Å². The number of rotatable bonds is 4. The highest BCUT2D eigenvalue weighted by atomic mass is 32.2. The van der Waals surface area contributed by atoms with E-state index in [1.807, 2.05) is 0 Å². The van der Waals surface area contributed by atoms with Crippen molar-refractivity contribution >= 4 is 21.5 Å². The molecule has 0 radical (unpaired) electrons. The Morgan fingerprint density at radius 3 is 2.44 bits per heavy atom. The number of hydrogen-bond donors (Lipinski definition) is 2. The molecule has 1 rings (SSSR count). The maximum absolute atomic E-state index is 11.8. The Balaban J connectivity index is 3.74. The second-order valence-electron chi connectivity index (χ2n) is 3.70. The lowest BCUT2D eigenvalue weighted by molar-refractivity contribution is 0.0693. The van der Waals surface area contributed by atoms with Gasteiger partial charge in [-0.3, -0.25) is 0 Å². The van der Waals surface area contributed by atoms with Crippen molar-refractivity contribution in [1.82, 2.24) is 0 Å². The zero-order chi connectivity index (χ0) is 14.1. The van der Waals surface area contributed by atoms with E-state index in [4.69, 9.17) is 15.6 Å². The summed E-state index contributed by atoms with van der Waals surface area (Å²) < 4.78 is 28.6. The van der Waals surface area contributed by atoms with Crippen LogP contribution in [0.3, 0.4) is 0 Å². The van der Waals surface area contributed by atoms with Gasteiger partial charge in [-0.15, -0.1) is 0 Å². The number of ether oxygens (including phenoxy) is 1. The molecule has 0 heterocycles. The van der Waals surface area contributed by atoms with E-state index in [1.54, 1.807) is 0 Å². The first kappa shape index (κ1) is 14.3. The van der Waals surface area contributed by atoms with E-state index in [1.165, 1.54) is 21.0 Å². The number of aromatic carboxylic acids is 1. The molecule has 0 saturated heterocycles. The van der Waals surface area contributed by atoms with Crippen molar-refractivity contribution in [2.24, 2.45) is 0 Å². The minimum atomic E-state index is -3.58. The molecular formula is C11H15NO5S. The zero-order valence-electron chi connectivity index (χ0n) is 10.4. The summed E-state index contributed by atoms with van der Waals surface area (Å²) in [5.41, 5.74) is 5.86. The van der Waals surface area contributed by atoms with Crippen LogP contribution in [-0.4, -0.2) is 32.4 Å². The van der Waals surface area contributed by atoms with Crippen LogP contribution < -0.4 is 10.5 Å². The molecule has 3 N–H and O–H groups in total. The molecule has 1 aromatic carbocycles. The van der Waals surface area contributed by atoms with Crippen LogP contribution in [0.15, 0.2) is 11.0 Å². The van der Waals surface area contributed by atoms with E-state index in [-0.39, 0.29) is 27.6 Å². The van der Waals surface area contributed by atoms with Gasteiger partial charge in [0.15, 0.2) is 9.84 Å². The van der Waals surface area contributed by atoms with Gasteiger partial charge in [0.05, 0.1) is 23.4 Å². The lowest BCUT2D eigenvalue weighted by Gasteiger charge is -2.14. The lowest BCUT2D eigenvalue weighted by Crippen LogP contribution is -2.12. The number of sulfone groups is 1. The van der Waals surface area contributed by atoms with E-state index in [0.29, 0.717) is 5.56 Å². The number of anilines is 1. The predicted molar refractivity (Wildman–Crippen MR) is 66.8 cm³/mol. The van der Waals surface area contributed by atoms with E-state index in [2.05, 4.69) is 0 Å². The quantitative estimate of drug-likeness (QED) is 0.795. The van der Waals surface area contributed by atoms with Gasteiger partial charge in [-0.25, -0.2) is 13.2 Å². The smallest absolute Gasteiger partial charge is 0.339 e. The Morgan fingerprint density at radius 2 is 2.06 bits per heavy atom. The summed E-state index contributed by atoms with van der Waals surface area (Å²) in [6.45, 7) is 2.99. The monoisotopic (exact) mass is 273 g/mol. The zero-order valence-corrected chi connectivity index (χ0v) is 11.2. The Morgan fingerprint density at radius 1 is 1.50 bits per heavy atom. The summed E-state index contributed by atoms with van der Waals surface area (Å²) in [5, 5.41) is 9.06. The van der Waals surface area contributed by atoms with Gasteiger partial charge in [0.1, 0.15) is 11.3 Å². The number of carboxylic acid groups (broad SMARTS) is 1. The van der Waals surface area contributed by atoms with Crippen LogP contribution in [0, 0.1) is 6.92 Å². The molecule has 0 aliphatic heterocycles. The van der Waals surface area contributed by atoms with E-state index < -0.39 is 15.8 Å². The highest BCUT2D eigenvalue weighted by Gasteiger charge is 2.24. The fraction of sp³-hybridized carbons (Fsp3) is 0.364. The van der Waals surface area contributed by atoms with Gasteiger partial charge in [-0.1, -0.05) is 6.92 Å². The Kier molecular flexibility index (Phi) is 3.85. The average Bonchev–Trinajstić information content (AvgIpc) is 2.31. The van der Waals surface area contributed by atoms with Crippen molar-refractivity contribution in [3.63, 3.8) is 0 Å². The molecule has 0 amide bonds. The van der Waals surface area contributed by atoms with Crippen molar-refractivity contribution in [2.75, 3.05) is 18.6 Å². The van der Waals surface area contributed by atoms with Gasteiger partial charge < -0.3 is 15.6 Å². The maximum Gasteiger partial charge on any atom is 0.339 e. The number of benzene rings is 1. The lowest BCUT2D eigenvalue weighted by atomic mass is 10.1. The van der Waals surface area contributed by atoms with Crippen LogP contribution in [0.25, 0.3) is 0 Å². The molecule has 0 spiro atoms. The molecule has 7 heteroatoms. The summed E-state index contributed by atoms with van der Waals surface area (Å²) in [7, 11) is -2.27. The van der Waals surface area contributed by atoms with Crippen molar-refractivity contribution in [3.05, 3.63) is 17.2 Å². The second kappa shape index (κ2) is 4.85. The molecule has 0 aliphatic carbocycles. The molecular weight excluding hydrogens is 258 g/mol. The first-order valence-corrected chi connectivity index (χ1v) is 6.84. The van der Waals surface area contributed by atoms with Crippen molar-refractivity contribution in [1.29, 1.82) is 0 Å². The van der Waals surface area contributed by atoms with Crippen molar-refractivity contribution < 1.29 is 23.1 Å². The average molecular weight is 273 g/mol. The minimum absolute atomic E-state index is 0.0266. The number of nitrogens with two attached hydrogens (primary N) is 1. The largest absolute Gasteiger partial charge is 0.495 e. The van der Waals surface area contributed by atoms with E-state index in [0.717, 1.165) is 6.07 Å². The molecule has 0 unspecified atom stereocenters. The molecule has 0 saturated carbocycles. The highest BCUT2D eigenvalue weighted by molar-refractivity contribution is 7.91. The van der Waals surface area contributed by atoms with Crippen LogP contribution in [-0.2, 0) is 9.84 Å². The van der Waals surface area contributed by atoms with Crippen LogP contribution >= 0.6 is 0 Å². The first-order chi connectivity index (χ1) is 8.26. The minimum Gasteiger partial charge on any atom is -0.495 e. The van der Waals surface area contributed by atoms with Gasteiger partial charge in [0.25, 0.3) is 0 Å². The highest BCUT2D eigenvalue weighted by Crippen LogP contribution is 2.34. The van der Waals surface area contributed by atoms with Gasteiger partial charge in [0, 0.05) is 5.56 Å². The molecule has 0 aromatic heterocycles. The van der Waals surface area contributed by atoms with E-state index >= 15 is 0 Å². The van der Waals surface area contributed by atoms with Crippen molar-refractivity contribution in [2.45, 2.75) is 18.7 Å². The summed E-state index contributed by atoms with van der Waals surface area (Å²) in [4.78, 5) is 10.9. The normalized spacial score (nSPS) is 11.3. The predicted octanol–water partition coefficient (Wildman–Crippen LogP) is 1.08. The van der Waals surface area contributed by atoms with Gasteiger partial charge in [-0.2, -0.15) is 0 Å². The molecule has 6 nitrogen and oxygen atoms in total. The summed E-state index contributed by atoms with van der Waals surface area (Å²) in [5.74, 6) is -1.33. The standard InChI is InChI=1S/C11H15NO5S/c1-4-18(15,16)8-5-7(11(13)14)10(17-3)6(2)9(8)12/h5H,4,12H2,1-3H3,(H,13,14). The van der Waals surface area contributed by atoms with E-state index in [9.17, 15) is 13.2 Å². The van der Waals surface area contributed by atoms with Crippen molar-refractivity contribution in [3.8, 4) is 5.75 Å². The van der Waals surface area contributed by atoms with Crippen LogP contribution in [0.1, 0.15) is 22.8 Å². The number of nitrogen functional groups attached to an aromatic ring is 1. The SMILES string of the molecule is CCS(=O)(=O)c1cc(C(=O)O)c(OC)c(C)c1N. The number of carboxylic acids is 1. The summed E-state index contributed by atoms with van der Waals surface area (Å²) in [6, 6.07) is 1.04. The molecule has 0 atom stereocenters. The molecule has 100 valence electrons. The molecule has 1 aromatic rings. The third kappa shape index (κ3) is 2.26. The second-order valence-corrected chi connectivity index (χ2v) is 5.95. The fourth-order valence-electron chi connectivity index (χ4n) is 1.62. The molecule has 18 heavy (non-hydrogen) atoms. The maximum atomic E-state index is 11.8. The number of carbonyl (C=O) groups is 1. The molecule has 0 fully saturated rings. The fourth-order valence-corrected chi connectivity index (χ4v) is 2.71. The van der Waals surface area contributed by atoms with Gasteiger partial charge >= 0.3 is 5.97 Å². The number of hydrogen-bond acceptors (Lipinski definition) is 5. The Labute approximate surface area is 105 Å². The Bertz CT molecular complexity index is 592. The summed E-state index contributed by atoms with van der Waals surface area (Å²) in [6.07, 6.45) is 0. The van der Waals surface area contributed by atoms with Gasteiger partial charge in [-0.05, 0) is 13.0 Å². The topological polar surface area (TPSA) is 107 Å². The molecule has 0 aliphatic rings. The van der Waals surface area contributed by atoms with Crippen LogP contribution in [0.4, 0.5) is 5.69 Å². The van der Waals surface area contributed by atoms with Gasteiger partial charge in [0.2, 0.25) is 0 Å². The third-order valence-electron chi connectivity index (χ3n) is 2.68. The third-order valence-corrected chi connectivity index (χ3v) is 4.45. The number of methoxy groups -OCH3 is 1. The summed E-state index contributed by atoms with van der Waals surface area (Å²) >= 11 is 0. The molecule has 0 bridgehead atoms. The van der Waals surface area contributed by atoms with Crippen LogP contribution in [0.2, 0.25) is 0 Å². The first-order valence-electron chi connectivity index (χ1n) is 5.19. The Hall–Kier alpha value is -1.76.